The summed E-state index contributed by atoms with van der Waals surface area (Å²) in [7, 11) is 1.67. The van der Waals surface area contributed by atoms with Crippen molar-refractivity contribution in [2.75, 3.05) is 7.11 Å². The standard InChI is InChI=1S/C25H25BrN2O2/c1-3-16-8-10-17(11-9-16)21-15-22(19-6-4-5-7-23(19)29)28-25(27-21)20-14-18(26)12-13-24(20)30-2/h4-14,22,25,28-29H,3,15H2,1-2H3/t22-,25-/m1/s1. The molecular formula is C25H25BrN2O2. The van der Waals surface area contributed by atoms with Crippen molar-refractivity contribution >= 4 is 21.6 Å². The molecule has 154 valence electrons. The molecule has 4 rings (SSSR count). The van der Waals surface area contributed by atoms with E-state index in [-0.39, 0.29) is 18.0 Å². The van der Waals surface area contributed by atoms with Crippen LogP contribution >= 0.6 is 15.9 Å². The van der Waals surface area contributed by atoms with Crippen LogP contribution in [0.25, 0.3) is 0 Å². The third-order valence-electron chi connectivity index (χ3n) is 5.54. The molecule has 1 aliphatic heterocycles. The van der Waals surface area contributed by atoms with Crippen LogP contribution in [-0.4, -0.2) is 17.9 Å². The predicted octanol–water partition coefficient (Wildman–Crippen LogP) is 5.95. The first-order valence-electron chi connectivity index (χ1n) is 10.1. The van der Waals surface area contributed by atoms with E-state index >= 15 is 0 Å². The van der Waals surface area contributed by atoms with Crippen LogP contribution in [0, 0.1) is 0 Å². The first kappa shape index (κ1) is 20.6. The molecule has 0 saturated carbocycles. The first-order chi connectivity index (χ1) is 14.6. The van der Waals surface area contributed by atoms with Gasteiger partial charge in [-0.05, 0) is 41.8 Å². The van der Waals surface area contributed by atoms with E-state index in [0.717, 1.165) is 39.0 Å². The van der Waals surface area contributed by atoms with E-state index in [0.29, 0.717) is 6.42 Å². The molecule has 0 spiro atoms. The number of ether oxygens (including phenoxy) is 1. The average Bonchev–Trinajstić information content (AvgIpc) is 2.79. The van der Waals surface area contributed by atoms with Gasteiger partial charge < -0.3 is 9.84 Å². The van der Waals surface area contributed by atoms with Crippen LogP contribution in [0.4, 0.5) is 0 Å². The van der Waals surface area contributed by atoms with Crippen molar-refractivity contribution in [1.29, 1.82) is 0 Å². The van der Waals surface area contributed by atoms with E-state index in [9.17, 15) is 5.11 Å². The third-order valence-corrected chi connectivity index (χ3v) is 6.03. The molecule has 0 saturated heterocycles. The van der Waals surface area contributed by atoms with Gasteiger partial charge in [0.05, 0.1) is 7.11 Å². The number of hydrogen-bond donors (Lipinski definition) is 2. The number of hydrogen-bond acceptors (Lipinski definition) is 4. The molecule has 0 bridgehead atoms. The van der Waals surface area contributed by atoms with Crippen LogP contribution in [0.1, 0.15) is 47.8 Å². The summed E-state index contributed by atoms with van der Waals surface area (Å²) in [5.41, 5.74) is 5.24. The van der Waals surface area contributed by atoms with Crippen molar-refractivity contribution < 1.29 is 9.84 Å². The number of nitrogens with one attached hydrogen (secondary N) is 1. The normalized spacial score (nSPS) is 18.7. The van der Waals surface area contributed by atoms with Crippen molar-refractivity contribution in [1.82, 2.24) is 5.32 Å². The maximum Gasteiger partial charge on any atom is 0.130 e. The Morgan fingerprint density at radius 1 is 1.07 bits per heavy atom. The van der Waals surface area contributed by atoms with Gasteiger partial charge in [-0.15, -0.1) is 0 Å². The molecule has 0 aromatic heterocycles. The Kier molecular flexibility index (Phi) is 6.21. The monoisotopic (exact) mass is 464 g/mol. The molecule has 4 nitrogen and oxygen atoms in total. The van der Waals surface area contributed by atoms with E-state index in [2.05, 4.69) is 52.4 Å². The van der Waals surface area contributed by atoms with E-state index in [4.69, 9.17) is 9.73 Å². The molecule has 3 aromatic carbocycles. The summed E-state index contributed by atoms with van der Waals surface area (Å²) >= 11 is 3.57. The highest BCUT2D eigenvalue weighted by Crippen LogP contribution is 2.37. The van der Waals surface area contributed by atoms with Gasteiger partial charge in [-0.1, -0.05) is 65.3 Å². The topological polar surface area (TPSA) is 53.8 Å². The van der Waals surface area contributed by atoms with E-state index in [1.165, 1.54) is 5.56 Å². The largest absolute Gasteiger partial charge is 0.508 e. The lowest BCUT2D eigenvalue weighted by molar-refractivity contribution is 0.381. The van der Waals surface area contributed by atoms with Crippen LogP contribution in [0.5, 0.6) is 11.5 Å². The number of halogens is 1. The molecule has 2 atom stereocenters. The molecule has 3 aromatic rings. The van der Waals surface area contributed by atoms with Crippen LogP contribution in [0.3, 0.4) is 0 Å². The number of methoxy groups -OCH3 is 1. The van der Waals surface area contributed by atoms with E-state index < -0.39 is 0 Å². The summed E-state index contributed by atoms with van der Waals surface area (Å²) < 4.78 is 6.58. The van der Waals surface area contributed by atoms with Crippen LogP contribution in [0.2, 0.25) is 0 Å². The molecule has 30 heavy (non-hydrogen) atoms. The Labute approximate surface area is 185 Å². The summed E-state index contributed by atoms with van der Waals surface area (Å²) in [6.45, 7) is 2.15. The molecule has 0 fully saturated rings. The second-order valence-electron chi connectivity index (χ2n) is 7.40. The van der Waals surface area contributed by atoms with Crippen LogP contribution < -0.4 is 10.1 Å². The van der Waals surface area contributed by atoms with Gasteiger partial charge in [0.25, 0.3) is 0 Å². The highest BCUT2D eigenvalue weighted by molar-refractivity contribution is 9.10. The highest BCUT2D eigenvalue weighted by Gasteiger charge is 2.29. The fourth-order valence-electron chi connectivity index (χ4n) is 3.87. The zero-order valence-electron chi connectivity index (χ0n) is 17.1. The summed E-state index contributed by atoms with van der Waals surface area (Å²) in [5, 5.41) is 14.1. The van der Waals surface area contributed by atoms with Gasteiger partial charge in [-0.25, -0.2) is 0 Å². The number of aromatic hydroxyl groups is 1. The predicted molar refractivity (Wildman–Crippen MR) is 124 cm³/mol. The quantitative estimate of drug-likeness (QED) is 0.490. The molecule has 2 N–H and O–H groups in total. The van der Waals surface area contributed by atoms with Gasteiger partial charge in [0.1, 0.15) is 17.7 Å². The minimum Gasteiger partial charge on any atom is -0.508 e. The van der Waals surface area contributed by atoms with Gasteiger partial charge in [0, 0.05) is 33.8 Å². The lowest BCUT2D eigenvalue weighted by atomic mass is 9.93. The summed E-state index contributed by atoms with van der Waals surface area (Å²) in [6.07, 6.45) is 1.40. The average molecular weight is 465 g/mol. The summed E-state index contributed by atoms with van der Waals surface area (Å²) in [6, 6.07) is 21.9. The Morgan fingerprint density at radius 2 is 1.83 bits per heavy atom. The van der Waals surface area contributed by atoms with Crippen LogP contribution in [-0.2, 0) is 6.42 Å². The van der Waals surface area contributed by atoms with Gasteiger partial charge in [0.2, 0.25) is 0 Å². The molecule has 0 aliphatic carbocycles. The second-order valence-corrected chi connectivity index (χ2v) is 8.31. The minimum atomic E-state index is -0.295. The van der Waals surface area contributed by atoms with E-state index in [1.807, 2.05) is 36.4 Å². The number of benzene rings is 3. The van der Waals surface area contributed by atoms with Crippen molar-refractivity contribution in [2.45, 2.75) is 32.0 Å². The number of rotatable bonds is 5. The highest BCUT2D eigenvalue weighted by atomic mass is 79.9. The lowest BCUT2D eigenvalue weighted by Crippen LogP contribution is -2.33. The first-order valence-corrected chi connectivity index (χ1v) is 10.9. The van der Waals surface area contributed by atoms with Gasteiger partial charge in [0.15, 0.2) is 0 Å². The Hall–Kier alpha value is -2.63. The SMILES string of the molecule is CCc1ccc(C2=N[C@@H](c3cc(Br)ccc3OC)N[C@@H](c3ccccc3O)C2)cc1. The maximum atomic E-state index is 10.5. The molecule has 0 radical (unpaired) electrons. The number of aryl methyl sites for hydroxylation is 1. The zero-order chi connectivity index (χ0) is 21.1. The fraction of sp³-hybridized carbons (Fsp3) is 0.240. The number of aliphatic imine (C=N–C) groups is 1. The Balaban J connectivity index is 1.79. The van der Waals surface area contributed by atoms with Crippen molar-refractivity contribution in [3.63, 3.8) is 0 Å². The van der Waals surface area contributed by atoms with Crippen molar-refractivity contribution in [3.8, 4) is 11.5 Å². The summed E-state index contributed by atoms with van der Waals surface area (Å²) in [4.78, 5) is 5.06. The van der Waals surface area contributed by atoms with Crippen molar-refractivity contribution in [2.24, 2.45) is 4.99 Å². The number of para-hydroxylation sites is 1. The Morgan fingerprint density at radius 3 is 2.53 bits per heavy atom. The maximum absolute atomic E-state index is 10.5. The van der Waals surface area contributed by atoms with Gasteiger partial charge in [-0.2, -0.15) is 0 Å². The lowest BCUT2D eigenvalue weighted by Gasteiger charge is -2.31. The molecule has 1 heterocycles. The number of phenolic OH excluding ortho intramolecular Hbond substituents is 1. The molecule has 0 unspecified atom stereocenters. The number of nitrogens with zero attached hydrogens (tertiary/aromatic N) is 1. The molecule has 5 heteroatoms. The zero-order valence-corrected chi connectivity index (χ0v) is 18.7. The van der Waals surface area contributed by atoms with Crippen LogP contribution in [0.15, 0.2) is 76.2 Å². The fourth-order valence-corrected chi connectivity index (χ4v) is 4.25. The second kappa shape index (κ2) is 9.02. The molecule has 0 amide bonds. The molecular weight excluding hydrogens is 440 g/mol. The van der Waals surface area contributed by atoms with Crippen molar-refractivity contribution in [3.05, 3.63) is 93.5 Å². The summed E-state index contributed by atoms with van der Waals surface area (Å²) in [5.74, 6) is 1.07. The Bertz CT molecular complexity index is 1060. The van der Waals surface area contributed by atoms with Gasteiger partial charge >= 0.3 is 0 Å². The van der Waals surface area contributed by atoms with E-state index in [1.54, 1.807) is 13.2 Å². The third kappa shape index (κ3) is 4.27. The van der Waals surface area contributed by atoms with Gasteiger partial charge in [-0.3, -0.25) is 10.3 Å². The smallest absolute Gasteiger partial charge is 0.130 e. The minimum absolute atomic E-state index is 0.0711. The number of phenols is 1. The molecule has 1 aliphatic rings.